The van der Waals surface area contributed by atoms with Crippen LogP contribution in [0.5, 0.6) is 0 Å². The number of rotatable bonds is 3. The van der Waals surface area contributed by atoms with Crippen LogP contribution in [0, 0.1) is 0 Å². The molecular weight excluding hydrogens is 198 g/mol. The van der Waals surface area contributed by atoms with Gasteiger partial charge >= 0.3 is 0 Å². The summed E-state index contributed by atoms with van der Waals surface area (Å²) >= 11 is 1.81. The normalized spacial score (nSPS) is 19.3. The first kappa shape index (κ1) is 10.1. The number of β-amino-alcohol motifs (C(OH)–C–C–N with tert-alkyl or cyclic N) is 1. The molecule has 14 heavy (non-hydrogen) atoms. The van der Waals surface area contributed by atoms with Crippen molar-refractivity contribution in [2.45, 2.75) is 19.1 Å². The van der Waals surface area contributed by atoms with Crippen molar-refractivity contribution in [2.75, 3.05) is 19.7 Å². The molecule has 0 aromatic carbocycles. The zero-order valence-electron chi connectivity index (χ0n) is 8.02. The molecule has 0 fully saturated rings. The Hall–Kier alpha value is -0.420. The second kappa shape index (κ2) is 4.40. The predicted molar refractivity (Wildman–Crippen MR) is 56.4 cm³/mol. The molecule has 0 saturated heterocycles. The van der Waals surface area contributed by atoms with Gasteiger partial charge in [0.2, 0.25) is 0 Å². The van der Waals surface area contributed by atoms with Gasteiger partial charge in [0.25, 0.3) is 0 Å². The van der Waals surface area contributed by atoms with E-state index in [0.717, 1.165) is 19.5 Å². The lowest BCUT2D eigenvalue weighted by molar-refractivity contribution is 0.0553. The van der Waals surface area contributed by atoms with Crippen molar-refractivity contribution in [3.63, 3.8) is 0 Å². The van der Waals surface area contributed by atoms with Gasteiger partial charge in [-0.25, -0.2) is 0 Å². The first-order valence-electron chi connectivity index (χ1n) is 4.86. The second-order valence-corrected chi connectivity index (χ2v) is 4.69. The van der Waals surface area contributed by atoms with Crippen LogP contribution in [0.3, 0.4) is 0 Å². The van der Waals surface area contributed by atoms with Gasteiger partial charge < -0.3 is 10.2 Å². The van der Waals surface area contributed by atoms with Gasteiger partial charge in [-0.15, -0.1) is 11.3 Å². The van der Waals surface area contributed by atoms with Crippen molar-refractivity contribution < 1.29 is 10.2 Å². The molecule has 3 nitrogen and oxygen atoms in total. The average molecular weight is 213 g/mol. The summed E-state index contributed by atoms with van der Waals surface area (Å²) in [5.74, 6) is 0. The summed E-state index contributed by atoms with van der Waals surface area (Å²) < 4.78 is 0. The summed E-state index contributed by atoms with van der Waals surface area (Å²) in [5.41, 5.74) is 1.38. The molecule has 2 heterocycles. The Morgan fingerprint density at radius 3 is 3.21 bits per heavy atom. The van der Waals surface area contributed by atoms with Gasteiger partial charge in [-0.05, 0) is 23.4 Å². The monoisotopic (exact) mass is 213 g/mol. The molecule has 1 aliphatic rings. The summed E-state index contributed by atoms with van der Waals surface area (Å²) in [6.07, 6.45) is 0.473. The number of fused-ring (bicyclic) bond motifs is 1. The predicted octanol–water partition coefficient (Wildman–Crippen LogP) is 0.459. The third-order valence-electron chi connectivity index (χ3n) is 2.57. The maximum absolute atomic E-state index is 9.32. The van der Waals surface area contributed by atoms with E-state index in [1.54, 1.807) is 0 Å². The summed E-state index contributed by atoms with van der Waals surface area (Å²) in [7, 11) is 0. The Balaban J connectivity index is 1.94. The SMILES string of the molecule is OCC(O)CN1CCc2sccc2C1. The molecule has 0 saturated carbocycles. The molecule has 2 N–H and O–H groups in total. The minimum atomic E-state index is -0.602. The van der Waals surface area contributed by atoms with E-state index in [4.69, 9.17) is 5.11 Å². The third kappa shape index (κ3) is 2.15. The highest BCUT2D eigenvalue weighted by molar-refractivity contribution is 7.10. The number of aliphatic hydroxyl groups is 2. The van der Waals surface area contributed by atoms with Gasteiger partial charge in [-0.1, -0.05) is 0 Å². The fraction of sp³-hybridized carbons (Fsp3) is 0.600. The van der Waals surface area contributed by atoms with Crippen LogP contribution >= 0.6 is 11.3 Å². The van der Waals surface area contributed by atoms with Crippen LogP contribution in [0.25, 0.3) is 0 Å². The molecule has 2 rings (SSSR count). The summed E-state index contributed by atoms with van der Waals surface area (Å²) in [4.78, 5) is 3.66. The van der Waals surface area contributed by atoms with Crippen LogP contribution in [-0.2, 0) is 13.0 Å². The van der Waals surface area contributed by atoms with Gasteiger partial charge in [0.05, 0.1) is 12.7 Å². The van der Waals surface area contributed by atoms with Gasteiger partial charge in [0.1, 0.15) is 0 Å². The van der Waals surface area contributed by atoms with Crippen LogP contribution in [-0.4, -0.2) is 40.9 Å². The van der Waals surface area contributed by atoms with Crippen molar-refractivity contribution >= 4 is 11.3 Å². The number of hydrogen-bond acceptors (Lipinski definition) is 4. The molecule has 78 valence electrons. The van der Waals surface area contributed by atoms with Crippen molar-refractivity contribution in [3.8, 4) is 0 Å². The quantitative estimate of drug-likeness (QED) is 0.766. The van der Waals surface area contributed by atoms with Crippen LogP contribution in [0.2, 0.25) is 0 Å². The Bertz CT molecular complexity index is 300. The van der Waals surface area contributed by atoms with E-state index >= 15 is 0 Å². The maximum atomic E-state index is 9.32. The molecule has 0 spiro atoms. The molecule has 0 amide bonds. The van der Waals surface area contributed by atoms with Crippen molar-refractivity contribution in [1.82, 2.24) is 4.90 Å². The van der Waals surface area contributed by atoms with Crippen LogP contribution in [0.4, 0.5) is 0 Å². The Kier molecular flexibility index (Phi) is 3.18. The lowest BCUT2D eigenvalue weighted by Crippen LogP contribution is -2.37. The second-order valence-electron chi connectivity index (χ2n) is 3.69. The van der Waals surface area contributed by atoms with E-state index in [1.807, 2.05) is 11.3 Å². The maximum Gasteiger partial charge on any atom is 0.0897 e. The highest BCUT2D eigenvalue weighted by Crippen LogP contribution is 2.23. The highest BCUT2D eigenvalue weighted by Gasteiger charge is 2.18. The highest BCUT2D eigenvalue weighted by atomic mass is 32.1. The molecule has 0 bridgehead atoms. The van der Waals surface area contributed by atoms with E-state index in [0.29, 0.717) is 6.54 Å². The van der Waals surface area contributed by atoms with Gasteiger partial charge in [-0.2, -0.15) is 0 Å². The largest absolute Gasteiger partial charge is 0.394 e. The van der Waals surface area contributed by atoms with E-state index in [2.05, 4.69) is 16.3 Å². The van der Waals surface area contributed by atoms with Gasteiger partial charge in [0, 0.05) is 24.5 Å². The number of aliphatic hydroxyl groups excluding tert-OH is 2. The van der Waals surface area contributed by atoms with Crippen LogP contribution < -0.4 is 0 Å². The molecule has 1 atom stereocenters. The summed E-state index contributed by atoms with van der Waals surface area (Å²) in [6.45, 7) is 2.33. The van der Waals surface area contributed by atoms with Gasteiger partial charge in [0.15, 0.2) is 0 Å². The third-order valence-corrected chi connectivity index (χ3v) is 3.59. The van der Waals surface area contributed by atoms with E-state index in [-0.39, 0.29) is 6.61 Å². The lowest BCUT2D eigenvalue weighted by atomic mass is 10.1. The minimum absolute atomic E-state index is 0.146. The Labute approximate surface area is 87.6 Å². The van der Waals surface area contributed by atoms with Crippen molar-refractivity contribution in [1.29, 1.82) is 0 Å². The fourth-order valence-electron chi connectivity index (χ4n) is 1.82. The summed E-state index contributed by atoms with van der Waals surface area (Å²) in [5, 5.41) is 20.2. The number of hydrogen-bond donors (Lipinski definition) is 2. The molecule has 1 aromatic heterocycles. The average Bonchev–Trinajstić information content (AvgIpc) is 2.64. The smallest absolute Gasteiger partial charge is 0.0897 e. The first-order valence-corrected chi connectivity index (χ1v) is 5.74. The zero-order valence-corrected chi connectivity index (χ0v) is 8.83. The molecule has 1 unspecified atom stereocenters. The zero-order chi connectivity index (χ0) is 9.97. The standard InChI is InChI=1S/C10H15NO2S/c12-7-9(13)6-11-3-1-10-8(5-11)2-4-14-10/h2,4,9,12-13H,1,3,5-7H2. The number of nitrogens with zero attached hydrogens (tertiary/aromatic N) is 1. The molecule has 1 aromatic rings. The molecule has 0 radical (unpaired) electrons. The fourth-order valence-corrected chi connectivity index (χ4v) is 2.71. The van der Waals surface area contributed by atoms with Crippen LogP contribution in [0.15, 0.2) is 11.4 Å². The molecular formula is C10H15NO2S. The van der Waals surface area contributed by atoms with Crippen molar-refractivity contribution in [3.05, 3.63) is 21.9 Å². The summed E-state index contributed by atoms with van der Waals surface area (Å²) in [6, 6.07) is 2.15. The Morgan fingerprint density at radius 2 is 2.43 bits per heavy atom. The molecule has 1 aliphatic heterocycles. The van der Waals surface area contributed by atoms with Gasteiger partial charge in [-0.3, -0.25) is 4.90 Å². The van der Waals surface area contributed by atoms with Crippen LogP contribution in [0.1, 0.15) is 10.4 Å². The molecule has 4 heteroatoms. The van der Waals surface area contributed by atoms with E-state index in [1.165, 1.54) is 10.4 Å². The van der Waals surface area contributed by atoms with E-state index in [9.17, 15) is 5.11 Å². The van der Waals surface area contributed by atoms with Crippen molar-refractivity contribution in [2.24, 2.45) is 0 Å². The minimum Gasteiger partial charge on any atom is -0.394 e. The molecule has 0 aliphatic carbocycles. The Morgan fingerprint density at radius 1 is 1.57 bits per heavy atom. The number of thiophene rings is 1. The van der Waals surface area contributed by atoms with E-state index < -0.39 is 6.10 Å². The first-order chi connectivity index (χ1) is 6.79. The topological polar surface area (TPSA) is 43.7 Å². The lowest BCUT2D eigenvalue weighted by Gasteiger charge is -2.28.